The minimum atomic E-state index is -3.86. The normalized spacial score (nSPS) is 17.8. The number of methoxy groups -OCH3 is 1. The SMILES string of the molecule is [2H]C([2H])([2H])Oc1ccc([C@H](CS(C)(=O)=O)N2C(=O)c3c(F)ccc(NC(=O)C4CC4)c3C2=O)nc1OCC. The smallest absolute Gasteiger partial charge is 0.265 e. The van der Waals surface area contributed by atoms with Crippen LogP contribution in [0.3, 0.4) is 0 Å². The number of ether oxygens (including phenoxy) is 2. The van der Waals surface area contributed by atoms with Crippen molar-refractivity contribution in [3.05, 3.63) is 46.9 Å². The molecule has 0 saturated heterocycles. The van der Waals surface area contributed by atoms with Gasteiger partial charge in [0.2, 0.25) is 5.91 Å². The van der Waals surface area contributed by atoms with Crippen molar-refractivity contribution in [2.45, 2.75) is 25.8 Å². The molecule has 0 bridgehead atoms. The minimum absolute atomic E-state index is 0.0346. The summed E-state index contributed by atoms with van der Waals surface area (Å²) in [6.07, 6.45) is 2.22. The van der Waals surface area contributed by atoms with E-state index < -0.39 is 57.4 Å². The van der Waals surface area contributed by atoms with Gasteiger partial charge in [0.05, 0.1) is 52.1 Å². The van der Waals surface area contributed by atoms with E-state index in [0.29, 0.717) is 17.7 Å². The van der Waals surface area contributed by atoms with E-state index in [2.05, 4.69) is 10.3 Å². The van der Waals surface area contributed by atoms with Crippen LogP contribution in [-0.2, 0) is 14.6 Å². The van der Waals surface area contributed by atoms with Gasteiger partial charge < -0.3 is 14.8 Å². The molecule has 3 amide bonds. The average Bonchev–Trinajstić information content (AvgIpc) is 3.61. The molecular formula is C23H24FN3O7S. The quantitative estimate of drug-likeness (QED) is 0.511. The highest BCUT2D eigenvalue weighted by Gasteiger charge is 2.46. The molecule has 2 heterocycles. The molecule has 1 saturated carbocycles. The lowest BCUT2D eigenvalue weighted by Gasteiger charge is -2.26. The number of hydrogen-bond donors (Lipinski definition) is 1. The molecule has 4 rings (SSSR count). The van der Waals surface area contributed by atoms with Gasteiger partial charge in [-0.05, 0) is 44.0 Å². The predicted octanol–water partition coefficient (Wildman–Crippen LogP) is 2.36. The van der Waals surface area contributed by atoms with Crippen LogP contribution in [0.15, 0.2) is 24.3 Å². The molecule has 35 heavy (non-hydrogen) atoms. The van der Waals surface area contributed by atoms with Gasteiger partial charge in [-0.2, -0.15) is 0 Å². The number of carbonyl (C=O) groups excluding carboxylic acids is 3. The Labute approximate surface area is 205 Å². The van der Waals surface area contributed by atoms with E-state index >= 15 is 0 Å². The van der Waals surface area contributed by atoms with E-state index in [0.717, 1.165) is 18.4 Å². The number of halogens is 1. The summed E-state index contributed by atoms with van der Waals surface area (Å²) in [6, 6.07) is 2.92. The van der Waals surface area contributed by atoms with Crippen molar-refractivity contribution >= 4 is 33.2 Å². The van der Waals surface area contributed by atoms with E-state index in [-0.39, 0.29) is 41.4 Å². The molecule has 1 aromatic heterocycles. The monoisotopic (exact) mass is 508 g/mol. The lowest BCUT2D eigenvalue weighted by atomic mass is 10.1. The van der Waals surface area contributed by atoms with Crippen LogP contribution in [0.2, 0.25) is 0 Å². The number of anilines is 1. The number of rotatable bonds is 9. The van der Waals surface area contributed by atoms with Crippen LogP contribution in [0.5, 0.6) is 11.6 Å². The van der Waals surface area contributed by atoms with Crippen LogP contribution < -0.4 is 14.8 Å². The fourth-order valence-corrected chi connectivity index (χ4v) is 4.73. The largest absolute Gasteiger partial charge is 0.491 e. The molecule has 1 N–H and O–H groups in total. The molecule has 1 aromatic carbocycles. The molecule has 186 valence electrons. The Morgan fingerprint density at radius 1 is 1.26 bits per heavy atom. The summed E-state index contributed by atoms with van der Waals surface area (Å²) in [5.41, 5.74) is -1.21. The number of carbonyl (C=O) groups is 3. The predicted molar refractivity (Wildman–Crippen MR) is 123 cm³/mol. The maximum Gasteiger partial charge on any atom is 0.265 e. The molecule has 0 radical (unpaired) electrons. The molecular weight excluding hydrogens is 481 g/mol. The molecule has 0 unspecified atom stereocenters. The number of amides is 3. The highest BCUT2D eigenvalue weighted by atomic mass is 32.2. The van der Waals surface area contributed by atoms with Crippen LogP contribution in [-0.4, -0.2) is 61.7 Å². The third kappa shape index (κ3) is 4.83. The molecule has 1 aliphatic carbocycles. The maximum absolute atomic E-state index is 14.8. The second kappa shape index (κ2) is 9.25. The molecule has 10 nitrogen and oxygen atoms in total. The summed E-state index contributed by atoms with van der Waals surface area (Å²) < 4.78 is 71.7. The third-order valence-corrected chi connectivity index (χ3v) is 6.50. The molecule has 1 atom stereocenters. The number of hydrogen-bond acceptors (Lipinski definition) is 8. The van der Waals surface area contributed by atoms with Crippen molar-refractivity contribution in [3.63, 3.8) is 0 Å². The molecule has 2 aromatic rings. The maximum atomic E-state index is 14.8. The number of sulfone groups is 1. The summed E-state index contributed by atoms with van der Waals surface area (Å²) in [5, 5.41) is 2.56. The Balaban J connectivity index is 1.79. The van der Waals surface area contributed by atoms with Gasteiger partial charge in [-0.1, -0.05) is 0 Å². The lowest BCUT2D eigenvalue weighted by molar-refractivity contribution is -0.117. The number of nitrogens with zero attached hydrogens (tertiary/aromatic N) is 2. The van der Waals surface area contributed by atoms with Gasteiger partial charge in [0.25, 0.3) is 17.7 Å². The molecule has 12 heteroatoms. The third-order valence-electron chi connectivity index (χ3n) is 5.58. The lowest BCUT2D eigenvalue weighted by Crippen LogP contribution is -2.38. The van der Waals surface area contributed by atoms with Crippen molar-refractivity contribution in [3.8, 4) is 11.6 Å². The Kier molecular flexibility index (Phi) is 5.50. The van der Waals surface area contributed by atoms with Crippen LogP contribution in [0.1, 0.15) is 56.3 Å². The van der Waals surface area contributed by atoms with Gasteiger partial charge in [0.15, 0.2) is 5.75 Å². The van der Waals surface area contributed by atoms with Crippen molar-refractivity contribution in [1.82, 2.24) is 9.88 Å². The Hall–Kier alpha value is -3.54. The highest BCUT2D eigenvalue weighted by Crippen LogP contribution is 2.39. The van der Waals surface area contributed by atoms with Crippen molar-refractivity contribution < 1.29 is 40.8 Å². The number of pyridine rings is 1. The van der Waals surface area contributed by atoms with E-state index in [4.69, 9.17) is 13.6 Å². The number of aromatic nitrogens is 1. The topological polar surface area (TPSA) is 132 Å². The minimum Gasteiger partial charge on any atom is -0.491 e. The van der Waals surface area contributed by atoms with E-state index in [1.165, 1.54) is 12.1 Å². The van der Waals surface area contributed by atoms with Crippen LogP contribution >= 0.6 is 0 Å². The second-order valence-electron chi connectivity index (χ2n) is 8.27. The Bertz CT molecular complexity index is 1430. The van der Waals surface area contributed by atoms with E-state index in [1.807, 2.05) is 0 Å². The first-order chi connectivity index (χ1) is 17.7. The standard InChI is InChI=1S/C23H24FN3O7S/c1-4-34-21-17(33-2)10-9-14(26-21)16(11-35(3,31)32)27-22(29)18-13(24)7-8-15(19(18)23(27)30)25-20(28)12-5-6-12/h7-10,12,16H,4-6,11H2,1-3H3,(H,25,28)/t16-/m0/s1/i2D3. The zero-order chi connectivity index (χ0) is 28.0. The fourth-order valence-electron chi connectivity index (χ4n) is 3.83. The molecule has 2 aliphatic rings. The van der Waals surface area contributed by atoms with Gasteiger partial charge >= 0.3 is 0 Å². The average molecular weight is 509 g/mol. The summed E-state index contributed by atoms with van der Waals surface area (Å²) >= 11 is 0. The summed E-state index contributed by atoms with van der Waals surface area (Å²) in [7, 11) is -6.71. The van der Waals surface area contributed by atoms with Gasteiger partial charge in [-0.25, -0.2) is 17.8 Å². The summed E-state index contributed by atoms with van der Waals surface area (Å²) in [4.78, 5) is 44.0. The zero-order valence-electron chi connectivity index (χ0n) is 21.8. The van der Waals surface area contributed by atoms with Crippen molar-refractivity contribution in [1.29, 1.82) is 0 Å². The summed E-state index contributed by atoms with van der Waals surface area (Å²) in [6.45, 7) is 1.62. The van der Waals surface area contributed by atoms with E-state index in [1.54, 1.807) is 6.92 Å². The van der Waals surface area contributed by atoms with Crippen molar-refractivity contribution in [2.75, 3.05) is 31.0 Å². The number of imide groups is 1. The fraction of sp³-hybridized carbons (Fsp3) is 0.391. The van der Waals surface area contributed by atoms with Gasteiger partial charge in [-0.15, -0.1) is 0 Å². The zero-order valence-corrected chi connectivity index (χ0v) is 19.6. The highest BCUT2D eigenvalue weighted by molar-refractivity contribution is 7.90. The Morgan fingerprint density at radius 3 is 2.60 bits per heavy atom. The Morgan fingerprint density at radius 2 is 1.97 bits per heavy atom. The van der Waals surface area contributed by atoms with E-state index in [9.17, 15) is 27.2 Å². The first kappa shape index (κ1) is 20.8. The molecule has 1 aliphatic heterocycles. The number of nitrogens with one attached hydrogen (secondary N) is 1. The van der Waals surface area contributed by atoms with Gasteiger partial charge in [0, 0.05) is 12.2 Å². The van der Waals surface area contributed by atoms with Gasteiger partial charge in [-0.3, -0.25) is 19.3 Å². The summed E-state index contributed by atoms with van der Waals surface area (Å²) in [5.74, 6) is -5.12. The van der Waals surface area contributed by atoms with Crippen LogP contribution in [0.4, 0.5) is 10.1 Å². The number of fused-ring (bicyclic) bond motifs is 1. The molecule has 0 spiro atoms. The van der Waals surface area contributed by atoms with Crippen molar-refractivity contribution in [2.24, 2.45) is 5.92 Å². The van der Waals surface area contributed by atoms with Crippen LogP contribution in [0.25, 0.3) is 0 Å². The second-order valence-corrected chi connectivity index (χ2v) is 10.5. The van der Waals surface area contributed by atoms with Gasteiger partial charge in [0.1, 0.15) is 15.7 Å². The first-order valence-electron chi connectivity index (χ1n) is 12.2. The van der Waals surface area contributed by atoms with Crippen LogP contribution in [0, 0.1) is 11.7 Å². The number of benzene rings is 1. The first-order valence-corrected chi connectivity index (χ1v) is 12.8. The molecule has 1 fully saturated rings.